The molecule has 2 rings (SSSR count). The number of aromatic nitrogens is 2. The molecule has 5 nitrogen and oxygen atoms in total. The summed E-state index contributed by atoms with van der Waals surface area (Å²) in [5.41, 5.74) is 0. The third-order valence-electron chi connectivity index (χ3n) is 2.49. The minimum Gasteiger partial charge on any atom is -0.492 e. The standard InChI is InChI=1S/C14H17ClN4O/c1-2-16-14-18-10-12(15)13(19-14)17-8-9-20-11-6-4-3-5-7-11/h3-7,10H,2,8-9H2,1H3,(H2,16,17,18,19). The van der Waals surface area contributed by atoms with E-state index in [1.807, 2.05) is 37.3 Å². The van der Waals surface area contributed by atoms with Crippen molar-refractivity contribution in [3.8, 4) is 5.75 Å². The third-order valence-corrected chi connectivity index (χ3v) is 2.76. The normalized spacial score (nSPS) is 10.1. The van der Waals surface area contributed by atoms with Gasteiger partial charge in [0.2, 0.25) is 5.95 Å². The van der Waals surface area contributed by atoms with E-state index in [0.29, 0.717) is 29.9 Å². The molecule has 0 aliphatic heterocycles. The predicted molar refractivity (Wildman–Crippen MR) is 81.6 cm³/mol. The van der Waals surface area contributed by atoms with E-state index in [0.717, 1.165) is 12.3 Å². The summed E-state index contributed by atoms with van der Waals surface area (Å²) in [6.07, 6.45) is 1.58. The number of nitrogens with zero attached hydrogens (tertiary/aromatic N) is 2. The largest absolute Gasteiger partial charge is 0.492 e. The molecule has 0 bridgehead atoms. The molecule has 1 heterocycles. The van der Waals surface area contributed by atoms with Crippen LogP contribution in [0, 0.1) is 0 Å². The molecule has 1 aromatic heterocycles. The molecule has 106 valence electrons. The van der Waals surface area contributed by atoms with Crippen LogP contribution in [0.1, 0.15) is 6.92 Å². The maximum absolute atomic E-state index is 6.04. The van der Waals surface area contributed by atoms with Crippen LogP contribution in [0.25, 0.3) is 0 Å². The number of nitrogens with one attached hydrogen (secondary N) is 2. The molecule has 0 spiro atoms. The Morgan fingerprint density at radius 3 is 2.75 bits per heavy atom. The summed E-state index contributed by atoms with van der Waals surface area (Å²) in [7, 11) is 0. The molecule has 0 atom stereocenters. The Hall–Kier alpha value is -2.01. The van der Waals surface area contributed by atoms with Gasteiger partial charge in [-0.05, 0) is 19.1 Å². The zero-order valence-electron chi connectivity index (χ0n) is 11.3. The first-order chi connectivity index (χ1) is 9.79. The van der Waals surface area contributed by atoms with Gasteiger partial charge in [0, 0.05) is 6.54 Å². The minimum absolute atomic E-state index is 0.492. The lowest BCUT2D eigenvalue weighted by Crippen LogP contribution is -2.13. The molecule has 2 aromatic rings. The number of para-hydroxylation sites is 1. The molecular weight excluding hydrogens is 276 g/mol. The van der Waals surface area contributed by atoms with Crippen LogP contribution in [0.2, 0.25) is 5.02 Å². The van der Waals surface area contributed by atoms with Gasteiger partial charge in [-0.25, -0.2) is 4.98 Å². The van der Waals surface area contributed by atoms with Crippen LogP contribution in [0.5, 0.6) is 5.75 Å². The zero-order valence-corrected chi connectivity index (χ0v) is 12.0. The van der Waals surface area contributed by atoms with Crippen molar-refractivity contribution in [3.63, 3.8) is 0 Å². The van der Waals surface area contributed by atoms with Gasteiger partial charge in [-0.3, -0.25) is 0 Å². The van der Waals surface area contributed by atoms with Gasteiger partial charge in [0.25, 0.3) is 0 Å². The quantitative estimate of drug-likeness (QED) is 0.768. The second-order valence-electron chi connectivity index (χ2n) is 4.01. The minimum atomic E-state index is 0.492. The highest BCUT2D eigenvalue weighted by Gasteiger charge is 2.04. The summed E-state index contributed by atoms with van der Waals surface area (Å²) in [6, 6.07) is 9.66. The van der Waals surface area contributed by atoms with E-state index in [1.54, 1.807) is 6.20 Å². The van der Waals surface area contributed by atoms with E-state index < -0.39 is 0 Å². The fourth-order valence-corrected chi connectivity index (χ4v) is 1.75. The van der Waals surface area contributed by atoms with Gasteiger partial charge in [0.1, 0.15) is 17.4 Å². The van der Waals surface area contributed by atoms with Crippen molar-refractivity contribution in [3.05, 3.63) is 41.6 Å². The van der Waals surface area contributed by atoms with E-state index in [-0.39, 0.29) is 0 Å². The van der Waals surface area contributed by atoms with Gasteiger partial charge in [-0.1, -0.05) is 29.8 Å². The van der Waals surface area contributed by atoms with Gasteiger partial charge < -0.3 is 15.4 Å². The molecule has 2 N–H and O–H groups in total. The molecule has 6 heteroatoms. The number of rotatable bonds is 7. The number of halogens is 1. The SMILES string of the molecule is CCNc1ncc(Cl)c(NCCOc2ccccc2)n1. The van der Waals surface area contributed by atoms with Crippen LogP contribution >= 0.6 is 11.6 Å². The topological polar surface area (TPSA) is 59.1 Å². The van der Waals surface area contributed by atoms with Crippen molar-refractivity contribution in [2.75, 3.05) is 30.3 Å². The van der Waals surface area contributed by atoms with Gasteiger partial charge >= 0.3 is 0 Å². The van der Waals surface area contributed by atoms with Crippen molar-refractivity contribution >= 4 is 23.4 Å². The van der Waals surface area contributed by atoms with Crippen molar-refractivity contribution in [2.45, 2.75) is 6.92 Å². The first-order valence-electron chi connectivity index (χ1n) is 6.47. The monoisotopic (exact) mass is 292 g/mol. The maximum atomic E-state index is 6.04. The van der Waals surface area contributed by atoms with Gasteiger partial charge in [-0.2, -0.15) is 4.98 Å². The van der Waals surface area contributed by atoms with Crippen LogP contribution in [0.3, 0.4) is 0 Å². The van der Waals surface area contributed by atoms with E-state index in [2.05, 4.69) is 20.6 Å². The van der Waals surface area contributed by atoms with Crippen molar-refractivity contribution in [1.29, 1.82) is 0 Å². The van der Waals surface area contributed by atoms with Gasteiger partial charge in [0.05, 0.1) is 12.7 Å². The summed E-state index contributed by atoms with van der Waals surface area (Å²) >= 11 is 6.04. The number of hydrogen-bond acceptors (Lipinski definition) is 5. The third kappa shape index (κ3) is 4.28. The van der Waals surface area contributed by atoms with Crippen molar-refractivity contribution in [2.24, 2.45) is 0 Å². The first kappa shape index (κ1) is 14.4. The molecule has 0 amide bonds. The Morgan fingerprint density at radius 2 is 2.00 bits per heavy atom. The lowest BCUT2D eigenvalue weighted by Gasteiger charge is -2.10. The Bertz CT molecular complexity index is 536. The number of benzene rings is 1. The molecule has 1 aromatic carbocycles. The smallest absolute Gasteiger partial charge is 0.224 e. The van der Waals surface area contributed by atoms with Crippen molar-refractivity contribution in [1.82, 2.24) is 9.97 Å². The highest BCUT2D eigenvalue weighted by molar-refractivity contribution is 6.32. The van der Waals surface area contributed by atoms with Gasteiger partial charge in [0.15, 0.2) is 5.82 Å². The lowest BCUT2D eigenvalue weighted by molar-refractivity contribution is 0.333. The van der Waals surface area contributed by atoms with E-state index in [4.69, 9.17) is 16.3 Å². The number of anilines is 2. The molecule has 0 saturated heterocycles. The Labute approximate surface area is 123 Å². The highest BCUT2D eigenvalue weighted by Crippen LogP contribution is 2.19. The fourth-order valence-electron chi connectivity index (χ4n) is 1.59. The molecule has 20 heavy (non-hydrogen) atoms. The molecule has 0 fully saturated rings. The second-order valence-corrected chi connectivity index (χ2v) is 4.42. The van der Waals surface area contributed by atoms with Crippen LogP contribution in [-0.4, -0.2) is 29.7 Å². The van der Waals surface area contributed by atoms with Crippen molar-refractivity contribution < 1.29 is 4.74 Å². The van der Waals surface area contributed by atoms with E-state index in [1.165, 1.54) is 0 Å². The first-order valence-corrected chi connectivity index (χ1v) is 6.85. The highest BCUT2D eigenvalue weighted by atomic mass is 35.5. The summed E-state index contributed by atoms with van der Waals surface area (Å²) in [4.78, 5) is 8.36. The zero-order chi connectivity index (χ0) is 14.2. The Morgan fingerprint density at radius 1 is 1.20 bits per heavy atom. The van der Waals surface area contributed by atoms with Crippen LogP contribution < -0.4 is 15.4 Å². The summed E-state index contributed by atoms with van der Waals surface area (Å²) < 4.78 is 5.58. The average molecular weight is 293 g/mol. The van der Waals surface area contributed by atoms with Crippen LogP contribution in [0.15, 0.2) is 36.5 Å². The summed E-state index contributed by atoms with van der Waals surface area (Å²) in [5, 5.41) is 6.67. The lowest BCUT2D eigenvalue weighted by atomic mass is 10.3. The predicted octanol–water partition coefficient (Wildman–Crippen LogP) is 3.05. The summed E-state index contributed by atoms with van der Waals surface area (Å²) in [6.45, 7) is 3.88. The number of ether oxygens (including phenoxy) is 1. The second kappa shape index (κ2) is 7.55. The molecule has 0 saturated carbocycles. The number of hydrogen-bond donors (Lipinski definition) is 2. The molecule has 0 radical (unpaired) electrons. The molecule has 0 aliphatic carbocycles. The van der Waals surface area contributed by atoms with E-state index in [9.17, 15) is 0 Å². The Kier molecular flexibility index (Phi) is 5.43. The van der Waals surface area contributed by atoms with E-state index >= 15 is 0 Å². The van der Waals surface area contributed by atoms with Crippen LogP contribution in [0.4, 0.5) is 11.8 Å². The molecule has 0 unspecified atom stereocenters. The van der Waals surface area contributed by atoms with Crippen LogP contribution in [-0.2, 0) is 0 Å². The Balaban J connectivity index is 1.83. The summed E-state index contributed by atoms with van der Waals surface area (Å²) in [5.74, 6) is 2.01. The average Bonchev–Trinajstić information content (AvgIpc) is 2.48. The van der Waals surface area contributed by atoms with Gasteiger partial charge in [-0.15, -0.1) is 0 Å². The molecule has 0 aliphatic rings. The fraction of sp³-hybridized carbons (Fsp3) is 0.286. The molecular formula is C14H17ClN4O. The maximum Gasteiger partial charge on any atom is 0.224 e.